The molecule has 1 atom stereocenters. The van der Waals surface area contributed by atoms with Crippen LogP contribution in [0.15, 0.2) is 18.2 Å². The van der Waals surface area contributed by atoms with Gasteiger partial charge in [-0.25, -0.2) is 8.78 Å². The Morgan fingerprint density at radius 2 is 1.95 bits per heavy atom. The fourth-order valence-electron chi connectivity index (χ4n) is 2.03. The maximum Gasteiger partial charge on any atom is 0.245 e. The molecule has 1 aromatic rings. The number of hydrogen-bond acceptors (Lipinski definition) is 2. The zero-order chi connectivity index (χ0) is 14.0. The van der Waals surface area contributed by atoms with Crippen LogP contribution >= 0.6 is 0 Å². The van der Waals surface area contributed by atoms with Crippen molar-refractivity contribution < 1.29 is 18.4 Å². The summed E-state index contributed by atoms with van der Waals surface area (Å²) in [6, 6.07) is 2.89. The minimum atomic E-state index is -0.691. The summed E-state index contributed by atoms with van der Waals surface area (Å²) in [4.78, 5) is 24.6. The fraction of sp³-hybridized carbons (Fsp3) is 0.385. The molecule has 0 bridgehead atoms. The number of rotatable bonds is 2. The molecule has 1 aromatic carbocycles. The van der Waals surface area contributed by atoms with E-state index in [0.717, 1.165) is 12.1 Å². The first-order valence-electron chi connectivity index (χ1n) is 6.00. The van der Waals surface area contributed by atoms with E-state index >= 15 is 0 Å². The van der Waals surface area contributed by atoms with E-state index in [1.165, 1.54) is 11.0 Å². The Morgan fingerprint density at radius 1 is 1.32 bits per heavy atom. The van der Waals surface area contributed by atoms with E-state index in [2.05, 4.69) is 5.32 Å². The summed E-state index contributed by atoms with van der Waals surface area (Å²) >= 11 is 0. The molecule has 1 saturated heterocycles. The molecular weight excluding hydrogens is 254 g/mol. The van der Waals surface area contributed by atoms with E-state index in [0.29, 0.717) is 0 Å². The van der Waals surface area contributed by atoms with Crippen LogP contribution in [0.2, 0.25) is 0 Å². The lowest BCUT2D eigenvalue weighted by Crippen LogP contribution is -2.42. The zero-order valence-electron chi connectivity index (χ0n) is 10.5. The molecule has 102 valence electrons. The average molecular weight is 268 g/mol. The van der Waals surface area contributed by atoms with Crippen LogP contribution in [0.4, 0.5) is 8.78 Å². The predicted molar refractivity (Wildman–Crippen MR) is 64.0 cm³/mol. The van der Waals surface area contributed by atoms with E-state index in [4.69, 9.17) is 0 Å². The average Bonchev–Trinajstić information content (AvgIpc) is 2.47. The van der Waals surface area contributed by atoms with Crippen molar-refractivity contribution in [2.75, 3.05) is 6.54 Å². The number of carbonyl (C=O) groups excluding carboxylic acids is 2. The molecule has 0 saturated carbocycles. The van der Waals surface area contributed by atoms with E-state index in [1.54, 1.807) is 6.92 Å². The van der Waals surface area contributed by atoms with Crippen LogP contribution in [0.1, 0.15) is 18.9 Å². The number of benzene rings is 1. The molecule has 1 heterocycles. The number of nitrogens with one attached hydrogen (secondary N) is 1. The highest BCUT2D eigenvalue weighted by atomic mass is 19.1. The third kappa shape index (κ3) is 2.89. The smallest absolute Gasteiger partial charge is 0.245 e. The molecule has 0 radical (unpaired) electrons. The summed E-state index contributed by atoms with van der Waals surface area (Å²) in [5, 5.41) is 2.52. The van der Waals surface area contributed by atoms with Crippen molar-refractivity contribution in [3.8, 4) is 0 Å². The van der Waals surface area contributed by atoms with Crippen LogP contribution in [0.25, 0.3) is 0 Å². The first-order chi connectivity index (χ1) is 8.99. The minimum absolute atomic E-state index is 0.131. The van der Waals surface area contributed by atoms with Gasteiger partial charge in [-0.05, 0) is 19.1 Å². The lowest BCUT2D eigenvalue weighted by Gasteiger charge is -2.22. The highest BCUT2D eigenvalue weighted by Gasteiger charge is 2.27. The van der Waals surface area contributed by atoms with Crippen molar-refractivity contribution in [3.05, 3.63) is 35.4 Å². The van der Waals surface area contributed by atoms with Crippen LogP contribution < -0.4 is 5.32 Å². The zero-order valence-corrected chi connectivity index (χ0v) is 10.5. The molecule has 2 rings (SSSR count). The van der Waals surface area contributed by atoms with Gasteiger partial charge < -0.3 is 10.2 Å². The molecule has 6 heteroatoms. The van der Waals surface area contributed by atoms with Crippen LogP contribution in [0, 0.1) is 11.6 Å². The maximum atomic E-state index is 13.5. The topological polar surface area (TPSA) is 49.4 Å². The van der Waals surface area contributed by atoms with Gasteiger partial charge >= 0.3 is 0 Å². The van der Waals surface area contributed by atoms with E-state index in [1.807, 2.05) is 0 Å². The molecule has 1 aliphatic rings. The van der Waals surface area contributed by atoms with Gasteiger partial charge in [-0.3, -0.25) is 9.59 Å². The minimum Gasteiger partial charge on any atom is -0.345 e. The molecule has 1 aliphatic heterocycles. The summed E-state index contributed by atoms with van der Waals surface area (Å²) in [6.07, 6.45) is 0.131. The lowest BCUT2D eigenvalue weighted by atomic mass is 10.1. The summed E-state index contributed by atoms with van der Waals surface area (Å²) in [5.74, 6) is -1.96. The van der Waals surface area contributed by atoms with Crippen molar-refractivity contribution in [1.82, 2.24) is 10.2 Å². The Bertz CT molecular complexity index is 499. The van der Waals surface area contributed by atoms with Gasteiger partial charge in [-0.15, -0.1) is 0 Å². The number of nitrogens with zero attached hydrogens (tertiary/aromatic N) is 1. The van der Waals surface area contributed by atoms with Crippen LogP contribution in [0.5, 0.6) is 0 Å². The molecule has 2 amide bonds. The Hall–Kier alpha value is -1.98. The SMILES string of the molecule is CC1NC(=O)CCN(Cc2c(F)cccc2F)C1=O. The van der Waals surface area contributed by atoms with Gasteiger partial charge in [0.25, 0.3) is 0 Å². The van der Waals surface area contributed by atoms with Crippen molar-refractivity contribution in [2.24, 2.45) is 0 Å². The molecule has 1 fully saturated rings. The normalized spacial score (nSPS) is 20.2. The van der Waals surface area contributed by atoms with Gasteiger partial charge in [0.2, 0.25) is 11.8 Å². The van der Waals surface area contributed by atoms with Gasteiger partial charge in [-0.2, -0.15) is 0 Å². The Labute approximate surface area is 109 Å². The summed E-state index contributed by atoms with van der Waals surface area (Å²) in [5.41, 5.74) is -0.155. The van der Waals surface area contributed by atoms with Crippen molar-refractivity contribution in [3.63, 3.8) is 0 Å². The molecule has 0 aliphatic carbocycles. The summed E-state index contributed by atoms with van der Waals surface area (Å²) in [7, 11) is 0. The molecular formula is C13H14F2N2O2. The molecule has 1 N–H and O–H groups in total. The van der Waals surface area contributed by atoms with Gasteiger partial charge in [-0.1, -0.05) is 6.07 Å². The predicted octanol–water partition coefficient (Wildman–Crippen LogP) is 1.20. The Morgan fingerprint density at radius 3 is 2.58 bits per heavy atom. The first kappa shape index (κ1) is 13.5. The first-order valence-corrected chi connectivity index (χ1v) is 6.00. The molecule has 0 aromatic heterocycles. The van der Waals surface area contributed by atoms with E-state index < -0.39 is 17.7 Å². The second kappa shape index (κ2) is 5.34. The van der Waals surface area contributed by atoms with E-state index in [9.17, 15) is 18.4 Å². The quantitative estimate of drug-likeness (QED) is 0.876. The third-order valence-corrected chi connectivity index (χ3v) is 3.08. The van der Waals surface area contributed by atoms with Crippen molar-refractivity contribution >= 4 is 11.8 Å². The molecule has 0 spiro atoms. The summed E-state index contributed by atoms with van der Waals surface area (Å²) < 4.78 is 27.1. The number of amides is 2. The fourth-order valence-corrected chi connectivity index (χ4v) is 2.03. The molecule has 19 heavy (non-hydrogen) atoms. The third-order valence-electron chi connectivity index (χ3n) is 3.08. The molecule has 4 nitrogen and oxygen atoms in total. The standard InChI is InChI=1S/C13H14F2N2O2/c1-8-13(19)17(6-5-12(18)16-8)7-9-10(14)3-2-4-11(9)15/h2-4,8H,5-7H2,1H3,(H,16,18). The van der Waals surface area contributed by atoms with Gasteiger partial charge in [0.1, 0.15) is 17.7 Å². The highest BCUT2D eigenvalue weighted by molar-refractivity contribution is 5.89. The van der Waals surface area contributed by atoms with Gasteiger partial charge in [0.05, 0.1) is 6.54 Å². The Balaban J connectivity index is 2.22. The number of halogens is 2. The largest absolute Gasteiger partial charge is 0.345 e. The van der Waals surface area contributed by atoms with Crippen molar-refractivity contribution in [2.45, 2.75) is 25.9 Å². The van der Waals surface area contributed by atoms with Crippen LogP contribution in [0.3, 0.4) is 0 Å². The maximum absolute atomic E-state index is 13.5. The van der Waals surface area contributed by atoms with Gasteiger partial charge in [0, 0.05) is 18.5 Å². The van der Waals surface area contributed by atoms with Crippen LogP contribution in [-0.2, 0) is 16.1 Å². The second-order valence-corrected chi connectivity index (χ2v) is 4.50. The summed E-state index contributed by atoms with van der Waals surface area (Å²) in [6.45, 7) is 1.54. The lowest BCUT2D eigenvalue weighted by molar-refractivity contribution is -0.133. The second-order valence-electron chi connectivity index (χ2n) is 4.50. The Kier molecular flexibility index (Phi) is 3.78. The number of hydrogen-bond donors (Lipinski definition) is 1. The van der Waals surface area contributed by atoms with Crippen LogP contribution in [-0.4, -0.2) is 29.3 Å². The highest BCUT2D eigenvalue weighted by Crippen LogP contribution is 2.16. The van der Waals surface area contributed by atoms with Crippen molar-refractivity contribution in [1.29, 1.82) is 0 Å². The number of carbonyl (C=O) groups is 2. The van der Waals surface area contributed by atoms with Gasteiger partial charge in [0.15, 0.2) is 0 Å². The monoisotopic (exact) mass is 268 g/mol. The molecule has 1 unspecified atom stereocenters. The van der Waals surface area contributed by atoms with E-state index in [-0.39, 0.29) is 36.9 Å².